The van der Waals surface area contributed by atoms with Gasteiger partial charge in [0.1, 0.15) is 5.60 Å². The van der Waals surface area contributed by atoms with Crippen LogP contribution in [0.1, 0.15) is 62.5 Å². The minimum Gasteiger partial charge on any atom is -0.444 e. The van der Waals surface area contributed by atoms with Gasteiger partial charge in [0.25, 0.3) is 5.91 Å². The molecule has 1 aliphatic carbocycles. The Morgan fingerprint density at radius 1 is 1.21 bits per heavy atom. The van der Waals surface area contributed by atoms with Gasteiger partial charge in [-0.2, -0.15) is 5.10 Å². The van der Waals surface area contributed by atoms with Gasteiger partial charge in [0.05, 0.1) is 17.8 Å². The van der Waals surface area contributed by atoms with Gasteiger partial charge < -0.3 is 15.4 Å². The third-order valence-electron chi connectivity index (χ3n) is 4.26. The number of carbonyl (C=O) groups excluding carboxylic acids is 2. The van der Waals surface area contributed by atoms with E-state index in [0.717, 1.165) is 31.4 Å². The highest BCUT2D eigenvalue weighted by molar-refractivity contribution is 5.95. The highest BCUT2D eigenvalue weighted by atomic mass is 16.6. The number of amides is 2. The normalized spacial score (nSPS) is 21.2. The third kappa shape index (κ3) is 4.72. The van der Waals surface area contributed by atoms with Gasteiger partial charge in [0.15, 0.2) is 0 Å². The Kier molecular flexibility index (Phi) is 5.51. The topological polar surface area (TPSA) is 85.2 Å². The summed E-state index contributed by atoms with van der Waals surface area (Å²) >= 11 is 0. The molecular weight excluding hydrogens is 308 g/mol. The predicted octanol–water partition coefficient (Wildman–Crippen LogP) is 2.29. The number of nitrogens with one attached hydrogen (secondary N) is 2. The van der Waals surface area contributed by atoms with Crippen molar-refractivity contribution in [3.05, 3.63) is 17.5 Å². The monoisotopic (exact) mass is 336 g/mol. The summed E-state index contributed by atoms with van der Waals surface area (Å²) in [5, 5.41) is 10.1. The molecule has 2 N–H and O–H groups in total. The van der Waals surface area contributed by atoms with Crippen molar-refractivity contribution in [2.75, 3.05) is 0 Å². The number of ether oxygens (including phenoxy) is 1. The summed E-state index contributed by atoms with van der Waals surface area (Å²) in [4.78, 5) is 24.5. The second-order valence-corrected chi connectivity index (χ2v) is 7.38. The van der Waals surface area contributed by atoms with Crippen molar-refractivity contribution >= 4 is 12.0 Å². The molecule has 0 saturated heterocycles. The summed E-state index contributed by atoms with van der Waals surface area (Å²) in [6.45, 7) is 7.35. The second kappa shape index (κ2) is 7.23. The van der Waals surface area contributed by atoms with Gasteiger partial charge >= 0.3 is 6.09 Å². The van der Waals surface area contributed by atoms with Crippen LogP contribution in [0.5, 0.6) is 0 Å². The Morgan fingerprint density at radius 3 is 2.29 bits per heavy atom. The van der Waals surface area contributed by atoms with Crippen LogP contribution in [0.3, 0.4) is 0 Å². The predicted molar refractivity (Wildman–Crippen MR) is 90.8 cm³/mol. The Morgan fingerprint density at radius 2 is 1.79 bits per heavy atom. The molecule has 0 aromatic carbocycles. The smallest absolute Gasteiger partial charge is 0.407 e. The van der Waals surface area contributed by atoms with E-state index in [2.05, 4.69) is 15.7 Å². The third-order valence-corrected chi connectivity index (χ3v) is 4.26. The van der Waals surface area contributed by atoms with Crippen molar-refractivity contribution in [2.45, 2.75) is 71.1 Å². The molecule has 1 heterocycles. The van der Waals surface area contributed by atoms with Gasteiger partial charge in [-0.05, 0) is 40.5 Å². The van der Waals surface area contributed by atoms with Gasteiger partial charge in [0.2, 0.25) is 0 Å². The zero-order chi connectivity index (χ0) is 17.9. The van der Waals surface area contributed by atoms with Crippen LogP contribution < -0.4 is 10.6 Å². The first-order valence-electron chi connectivity index (χ1n) is 8.46. The zero-order valence-electron chi connectivity index (χ0n) is 15.2. The quantitative estimate of drug-likeness (QED) is 0.887. The first-order valence-corrected chi connectivity index (χ1v) is 8.46. The summed E-state index contributed by atoms with van der Waals surface area (Å²) in [5.41, 5.74) is 0.851. The highest BCUT2D eigenvalue weighted by Gasteiger charge is 2.30. The molecule has 1 saturated carbocycles. The number of hydrogen-bond acceptors (Lipinski definition) is 4. The fraction of sp³-hybridized carbons (Fsp3) is 0.706. The van der Waals surface area contributed by atoms with Crippen molar-refractivity contribution in [3.8, 4) is 0 Å². The molecule has 7 heteroatoms. The van der Waals surface area contributed by atoms with E-state index in [1.54, 1.807) is 17.9 Å². The maximum absolute atomic E-state index is 12.5. The lowest BCUT2D eigenvalue weighted by Gasteiger charge is -2.33. The van der Waals surface area contributed by atoms with Crippen LogP contribution in [0, 0.1) is 6.92 Å². The molecule has 24 heavy (non-hydrogen) atoms. The number of aromatic nitrogens is 2. The van der Waals surface area contributed by atoms with Gasteiger partial charge in [-0.15, -0.1) is 0 Å². The number of rotatable bonds is 3. The molecular formula is C17H28N4O3. The van der Waals surface area contributed by atoms with E-state index in [-0.39, 0.29) is 18.0 Å². The molecule has 0 bridgehead atoms. The molecule has 2 atom stereocenters. The molecule has 1 aliphatic rings. The van der Waals surface area contributed by atoms with E-state index in [0.29, 0.717) is 5.56 Å². The fourth-order valence-electron chi connectivity index (χ4n) is 2.90. The fourth-order valence-corrected chi connectivity index (χ4v) is 2.90. The van der Waals surface area contributed by atoms with Crippen LogP contribution in [0.2, 0.25) is 0 Å². The van der Waals surface area contributed by atoms with Gasteiger partial charge in [-0.1, -0.05) is 12.8 Å². The van der Waals surface area contributed by atoms with E-state index in [9.17, 15) is 9.59 Å². The number of hydrogen-bond donors (Lipinski definition) is 2. The standard InChI is InChI=1S/C17H28N4O3/c1-11-12(10-18-21(11)5)15(22)19-13-8-6-7-9-14(13)20-16(23)24-17(2,3)4/h10,13-14H,6-9H2,1-5H3,(H,19,22)(H,20,23). The molecule has 1 fully saturated rings. The van der Waals surface area contributed by atoms with E-state index in [1.807, 2.05) is 27.7 Å². The molecule has 1 aromatic heterocycles. The zero-order valence-corrected chi connectivity index (χ0v) is 15.2. The first kappa shape index (κ1) is 18.3. The Hall–Kier alpha value is -2.05. The van der Waals surface area contributed by atoms with Crippen LogP contribution >= 0.6 is 0 Å². The lowest BCUT2D eigenvalue weighted by atomic mass is 9.90. The molecule has 0 radical (unpaired) electrons. The average Bonchev–Trinajstić information content (AvgIpc) is 2.79. The largest absolute Gasteiger partial charge is 0.444 e. The second-order valence-electron chi connectivity index (χ2n) is 7.38. The summed E-state index contributed by atoms with van der Waals surface area (Å²) < 4.78 is 7.00. The van der Waals surface area contributed by atoms with Gasteiger partial charge in [-0.3, -0.25) is 9.48 Å². The molecule has 2 unspecified atom stereocenters. The van der Waals surface area contributed by atoms with Gasteiger partial charge in [-0.25, -0.2) is 4.79 Å². The highest BCUT2D eigenvalue weighted by Crippen LogP contribution is 2.20. The van der Waals surface area contributed by atoms with Crippen molar-refractivity contribution in [2.24, 2.45) is 7.05 Å². The first-order chi connectivity index (χ1) is 11.2. The number of alkyl carbamates (subject to hydrolysis) is 1. The van der Waals surface area contributed by atoms with E-state index in [1.165, 1.54) is 0 Å². The maximum atomic E-state index is 12.5. The van der Waals surface area contributed by atoms with Crippen LogP contribution in [-0.2, 0) is 11.8 Å². The average molecular weight is 336 g/mol. The van der Waals surface area contributed by atoms with E-state index in [4.69, 9.17) is 4.74 Å². The Bertz CT molecular complexity index is 603. The van der Waals surface area contributed by atoms with Crippen molar-refractivity contribution in [1.29, 1.82) is 0 Å². The van der Waals surface area contributed by atoms with Gasteiger partial charge in [0, 0.05) is 18.8 Å². The molecule has 2 amide bonds. The van der Waals surface area contributed by atoms with Crippen molar-refractivity contribution < 1.29 is 14.3 Å². The van der Waals surface area contributed by atoms with Crippen molar-refractivity contribution in [3.63, 3.8) is 0 Å². The van der Waals surface area contributed by atoms with E-state index < -0.39 is 11.7 Å². The molecule has 0 aliphatic heterocycles. The van der Waals surface area contributed by atoms with Crippen LogP contribution in [0.4, 0.5) is 4.79 Å². The summed E-state index contributed by atoms with van der Waals surface area (Å²) in [5.74, 6) is -0.150. The molecule has 7 nitrogen and oxygen atoms in total. The van der Waals surface area contributed by atoms with Crippen LogP contribution in [0.25, 0.3) is 0 Å². The van der Waals surface area contributed by atoms with E-state index >= 15 is 0 Å². The summed E-state index contributed by atoms with van der Waals surface area (Å²) in [6.07, 6.45) is 4.86. The lowest BCUT2D eigenvalue weighted by Crippen LogP contribution is -2.54. The summed E-state index contributed by atoms with van der Waals surface area (Å²) in [6, 6.07) is -0.215. The molecule has 2 rings (SSSR count). The molecule has 134 valence electrons. The minimum absolute atomic E-state index is 0.0987. The summed E-state index contributed by atoms with van der Waals surface area (Å²) in [7, 11) is 1.81. The number of aryl methyl sites for hydroxylation is 1. The lowest BCUT2D eigenvalue weighted by molar-refractivity contribution is 0.0474. The Labute approximate surface area is 143 Å². The van der Waals surface area contributed by atoms with Crippen LogP contribution in [-0.4, -0.2) is 39.5 Å². The number of carbonyl (C=O) groups is 2. The van der Waals surface area contributed by atoms with Crippen molar-refractivity contribution in [1.82, 2.24) is 20.4 Å². The SMILES string of the molecule is Cc1c(C(=O)NC2CCCCC2NC(=O)OC(C)(C)C)cnn1C. The maximum Gasteiger partial charge on any atom is 0.407 e. The molecule has 0 spiro atoms. The molecule has 1 aromatic rings. The van der Waals surface area contributed by atoms with Crippen LogP contribution in [0.15, 0.2) is 6.20 Å². The Balaban J connectivity index is 2.00. The minimum atomic E-state index is -0.537. The number of nitrogens with zero attached hydrogens (tertiary/aromatic N) is 2.